The van der Waals surface area contributed by atoms with E-state index in [2.05, 4.69) is 4.98 Å². The molecule has 2 N–H and O–H groups in total. The molecule has 3 nitrogen and oxygen atoms in total. The summed E-state index contributed by atoms with van der Waals surface area (Å²) in [5.41, 5.74) is 8.57. The van der Waals surface area contributed by atoms with E-state index in [-0.39, 0.29) is 11.6 Å². The molecule has 22 heavy (non-hydrogen) atoms. The topological polar surface area (TPSA) is 56.0 Å². The minimum atomic E-state index is -0.131. The lowest BCUT2D eigenvalue weighted by molar-refractivity contribution is 0.103. The Morgan fingerprint density at radius 2 is 1.59 bits per heavy atom. The van der Waals surface area contributed by atoms with Gasteiger partial charge in [0, 0.05) is 16.1 Å². The van der Waals surface area contributed by atoms with Crippen LogP contribution in [0.15, 0.2) is 66.7 Å². The first kappa shape index (κ1) is 14.3. The van der Waals surface area contributed by atoms with Gasteiger partial charge in [-0.25, -0.2) is 4.98 Å². The number of nitrogens with zero attached hydrogens (tertiary/aromatic N) is 1. The van der Waals surface area contributed by atoms with Gasteiger partial charge in [-0.3, -0.25) is 4.79 Å². The Hall–Kier alpha value is -2.65. The maximum absolute atomic E-state index is 12.4. The molecule has 0 fully saturated rings. The fraction of sp³-hybridized carbons (Fsp3) is 0. The maximum atomic E-state index is 12.4. The third-order valence-electron chi connectivity index (χ3n) is 3.35. The van der Waals surface area contributed by atoms with Crippen LogP contribution in [0.3, 0.4) is 0 Å². The van der Waals surface area contributed by atoms with Gasteiger partial charge in [-0.2, -0.15) is 0 Å². The number of pyridine rings is 1. The van der Waals surface area contributed by atoms with Crippen molar-refractivity contribution in [2.45, 2.75) is 0 Å². The van der Waals surface area contributed by atoms with Crippen molar-refractivity contribution in [2.24, 2.45) is 0 Å². The second-order valence-corrected chi connectivity index (χ2v) is 5.27. The van der Waals surface area contributed by atoms with E-state index < -0.39 is 0 Å². The SMILES string of the molecule is Nc1nc(-c2ccc(Cl)cc2)ccc1C(=O)c1ccccc1. The Kier molecular flexibility index (Phi) is 3.90. The molecule has 0 saturated carbocycles. The van der Waals surface area contributed by atoms with Crippen LogP contribution in [0.2, 0.25) is 5.02 Å². The number of nitrogens with two attached hydrogens (primary N) is 1. The lowest BCUT2D eigenvalue weighted by Gasteiger charge is -2.07. The number of aromatic nitrogens is 1. The largest absolute Gasteiger partial charge is 0.383 e. The highest BCUT2D eigenvalue weighted by atomic mass is 35.5. The molecule has 0 atom stereocenters. The highest BCUT2D eigenvalue weighted by Crippen LogP contribution is 2.23. The summed E-state index contributed by atoms with van der Waals surface area (Å²) in [6.45, 7) is 0. The van der Waals surface area contributed by atoms with Gasteiger partial charge >= 0.3 is 0 Å². The molecule has 0 amide bonds. The van der Waals surface area contributed by atoms with Gasteiger partial charge in [-0.1, -0.05) is 54.1 Å². The van der Waals surface area contributed by atoms with Gasteiger partial charge in [0.15, 0.2) is 5.78 Å². The summed E-state index contributed by atoms with van der Waals surface area (Å²) in [6.07, 6.45) is 0. The number of halogens is 1. The van der Waals surface area contributed by atoms with Gasteiger partial charge in [-0.05, 0) is 24.3 Å². The smallest absolute Gasteiger partial charge is 0.196 e. The highest BCUT2D eigenvalue weighted by Gasteiger charge is 2.14. The predicted octanol–water partition coefficient (Wildman–Crippen LogP) is 4.22. The van der Waals surface area contributed by atoms with Crippen LogP contribution in [0.5, 0.6) is 0 Å². The molecule has 0 radical (unpaired) electrons. The van der Waals surface area contributed by atoms with E-state index in [0.29, 0.717) is 21.8 Å². The van der Waals surface area contributed by atoms with E-state index in [1.807, 2.05) is 30.3 Å². The summed E-state index contributed by atoms with van der Waals surface area (Å²) in [4.78, 5) is 16.8. The van der Waals surface area contributed by atoms with Crippen molar-refractivity contribution < 1.29 is 4.79 Å². The van der Waals surface area contributed by atoms with Crippen LogP contribution < -0.4 is 5.73 Å². The van der Waals surface area contributed by atoms with Crippen molar-refractivity contribution in [3.63, 3.8) is 0 Å². The molecule has 3 rings (SSSR count). The van der Waals surface area contributed by atoms with Crippen molar-refractivity contribution in [3.05, 3.63) is 82.9 Å². The van der Waals surface area contributed by atoms with Crippen LogP contribution in [-0.2, 0) is 0 Å². The quantitative estimate of drug-likeness (QED) is 0.737. The van der Waals surface area contributed by atoms with Gasteiger partial charge in [0.2, 0.25) is 0 Å². The van der Waals surface area contributed by atoms with E-state index in [0.717, 1.165) is 5.56 Å². The number of benzene rings is 2. The van der Waals surface area contributed by atoms with Crippen molar-refractivity contribution in [2.75, 3.05) is 5.73 Å². The van der Waals surface area contributed by atoms with E-state index >= 15 is 0 Å². The molecule has 0 bridgehead atoms. The number of carbonyl (C=O) groups is 1. The van der Waals surface area contributed by atoms with Crippen molar-refractivity contribution >= 4 is 23.2 Å². The summed E-state index contributed by atoms with van der Waals surface area (Å²) in [7, 11) is 0. The minimum Gasteiger partial charge on any atom is -0.383 e. The van der Waals surface area contributed by atoms with E-state index in [4.69, 9.17) is 17.3 Å². The molecule has 0 spiro atoms. The first-order valence-electron chi connectivity index (χ1n) is 6.77. The van der Waals surface area contributed by atoms with Gasteiger partial charge in [0.25, 0.3) is 0 Å². The summed E-state index contributed by atoms with van der Waals surface area (Å²) < 4.78 is 0. The number of anilines is 1. The molecule has 0 unspecified atom stereocenters. The molecule has 0 saturated heterocycles. The van der Waals surface area contributed by atoms with Gasteiger partial charge in [-0.15, -0.1) is 0 Å². The van der Waals surface area contributed by atoms with Crippen LogP contribution >= 0.6 is 11.6 Å². The number of hydrogen-bond acceptors (Lipinski definition) is 3. The molecule has 108 valence electrons. The Balaban J connectivity index is 1.96. The average Bonchev–Trinajstić information content (AvgIpc) is 2.56. The minimum absolute atomic E-state index is 0.131. The summed E-state index contributed by atoms with van der Waals surface area (Å²) >= 11 is 5.88. The van der Waals surface area contributed by atoms with Gasteiger partial charge < -0.3 is 5.73 Å². The fourth-order valence-electron chi connectivity index (χ4n) is 2.19. The summed E-state index contributed by atoms with van der Waals surface area (Å²) in [5, 5.41) is 0.660. The number of ketones is 1. The average molecular weight is 309 g/mol. The van der Waals surface area contributed by atoms with Crippen LogP contribution in [0.4, 0.5) is 5.82 Å². The van der Waals surface area contributed by atoms with Gasteiger partial charge in [0.1, 0.15) is 5.82 Å². The normalized spacial score (nSPS) is 10.4. The van der Waals surface area contributed by atoms with Crippen molar-refractivity contribution in [1.29, 1.82) is 0 Å². The number of rotatable bonds is 3. The first-order valence-corrected chi connectivity index (χ1v) is 7.15. The monoisotopic (exact) mass is 308 g/mol. The standard InChI is InChI=1S/C18H13ClN2O/c19-14-8-6-12(7-9-14)16-11-10-15(18(20)21-16)17(22)13-4-2-1-3-5-13/h1-11H,(H2,20,21). The third-order valence-corrected chi connectivity index (χ3v) is 3.60. The summed E-state index contributed by atoms with van der Waals surface area (Å²) in [5.74, 6) is 0.0922. The molecule has 2 aromatic carbocycles. The molecule has 0 aliphatic rings. The molecule has 0 aliphatic carbocycles. The molecule has 0 aliphatic heterocycles. The molecular formula is C18H13ClN2O. The Morgan fingerprint density at radius 1 is 0.909 bits per heavy atom. The number of carbonyl (C=O) groups excluding carboxylic acids is 1. The second kappa shape index (κ2) is 6.00. The van der Waals surface area contributed by atoms with Crippen LogP contribution in [0, 0.1) is 0 Å². The zero-order chi connectivity index (χ0) is 15.5. The predicted molar refractivity (Wildman–Crippen MR) is 89.0 cm³/mol. The molecule has 1 heterocycles. The third kappa shape index (κ3) is 2.85. The molecular weight excluding hydrogens is 296 g/mol. The van der Waals surface area contributed by atoms with Crippen LogP contribution in [-0.4, -0.2) is 10.8 Å². The lowest BCUT2D eigenvalue weighted by atomic mass is 10.0. The Morgan fingerprint density at radius 3 is 2.23 bits per heavy atom. The fourth-order valence-corrected chi connectivity index (χ4v) is 2.32. The van der Waals surface area contributed by atoms with Crippen molar-refractivity contribution in [1.82, 2.24) is 4.98 Å². The number of hydrogen-bond donors (Lipinski definition) is 1. The molecule has 1 aromatic heterocycles. The maximum Gasteiger partial charge on any atom is 0.196 e. The number of nitrogen functional groups attached to an aromatic ring is 1. The Bertz CT molecular complexity index is 814. The highest BCUT2D eigenvalue weighted by molar-refractivity contribution is 6.30. The lowest BCUT2D eigenvalue weighted by Crippen LogP contribution is -2.07. The Labute approximate surface area is 133 Å². The van der Waals surface area contributed by atoms with Crippen LogP contribution in [0.25, 0.3) is 11.3 Å². The zero-order valence-corrected chi connectivity index (χ0v) is 12.4. The molecule has 4 heteroatoms. The summed E-state index contributed by atoms with van der Waals surface area (Å²) in [6, 6.07) is 19.8. The van der Waals surface area contributed by atoms with E-state index in [1.54, 1.807) is 36.4 Å². The molecule has 3 aromatic rings. The second-order valence-electron chi connectivity index (χ2n) is 4.83. The zero-order valence-electron chi connectivity index (χ0n) is 11.7. The van der Waals surface area contributed by atoms with Crippen molar-refractivity contribution in [3.8, 4) is 11.3 Å². The van der Waals surface area contributed by atoms with Gasteiger partial charge in [0.05, 0.1) is 11.3 Å². The van der Waals surface area contributed by atoms with Crippen LogP contribution in [0.1, 0.15) is 15.9 Å². The van der Waals surface area contributed by atoms with E-state index in [1.165, 1.54) is 0 Å². The van der Waals surface area contributed by atoms with E-state index in [9.17, 15) is 4.79 Å². The first-order chi connectivity index (χ1) is 10.6.